The van der Waals surface area contributed by atoms with Gasteiger partial charge in [-0.25, -0.2) is 8.42 Å². The SMILES string of the molecule is C1=CCC2(CC1)COC2.C1=CCCCC1.C1=CCNC1.C1=CCNCC1.C1=CCOC1.C1=CCOCC1.C1=COCCC1.C1CCCCC1.C1CCNCC1.C1CCOCC1.CC.CC.CC.CC.CC.CC.CC.CC.CC.CC.CC.CC.O=C1CCCCN1.O=S1(=O)CC=CCC1. The van der Waals surface area contributed by atoms with Crippen LogP contribution in [0, 0.1) is 5.41 Å². The first-order chi connectivity index (χ1) is 49.5. The van der Waals surface area contributed by atoms with Crippen LogP contribution in [0.5, 0.6) is 0 Å². The molecule has 1 amide bonds. The highest BCUT2D eigenvalue weighted by molar-refractivity contribution is 7.91. The summed E-state index contributed by atoms with van der Waals surface area (Å²) in [7, 11) is -2.67. The molecule has 13 heteroatoms. The van der Waals surface area contributed by atoms with Crippen molar-refractivity contribution in [1.82, 2.24) is 21.3 Å². The second-order valence-electron chi connectivity index (χ2n) is 20.6. The van der Waals surface area contributed by atoms with E-state index < -0.39 is 9.84 Å². The number of nitrogens with one attached hydrogen (secondary N) is 4. The summed E-state index contributed by atoms with van der Waals surface area (Å²) in [5.74, 6) is 0.794. The van der Waals surface area contributed by atoms with Crippen molar-refractivity contribution in [3.05, 3.63) is 97.4 Å². The molecule has 604 valence electrons. The third kappa shape index (κ3) is 116. The van der Waals surface area contributed by atoms with Crippen molar-refractivity contribution in [2.24, 2.45) is 5.41 Å². The van der Waals surface area contributed by atoms with Crippen molar-refractivity contribution < 1.29 is 36.9 Å². The quantitative estimate of drug-likeness (QED) is 0.172. The summed E-state index contributed by atoms with van der Waals surface area (Å²) in [6.07, 6.45) is 68.2. The molecule has 10 aliphatic heterocycles. The smallest absolute Gasteiger partial charge is 0.219 e. The lowest BCUT2D eigenvalue weighted by Crippen LogP contribution is -2.42. The molecule has 0 aromatic heterocycles. The number of piperidine rings is 2. The molecule has 0 bridgehead atoms. The van der Waals surface area contributed by atoms with E-state index in [1.54, 1.807) is 12.3 Å². The minimum atomic E-state index is -2.67. The summed E-state index contributed by atoms with van der Waals surface area (Å²) in [4.78, 5) is 10.4. The van der Waals surface area contributed by atoms with Gasteiger partial charge in [-0.05, 0) is 148 Å². The zero-order valence-corrected chi connectivity index (χ0v) is 72.5. The van der Waals surface area contributed by atoms with Gasteiger partial charge in [0.2, 0.25) is 5.91 Å². The number of hydrogen-bond acceptors (Lipinski definition) is 11. The molecule has 1 saturated carbocycles. The van der Waals surface area contributed by atoms with Crippen molar-refractivity contribution in [1.29, 1.82) is 0 Å². The average Bonchev–Trinajstić information content (AvgIpc) is 0.883. The molecule has 0 unspecified atom stereocenters. The fourth-order valence-corrected chi connectivity index (χ4v) is 9.69. The highest BCUT2D eigenvalue weighted by Gasteiger charge is 2.37. The van der Waals surface area contributed by atoms with Gasteiger partial charge in [0.1, 0.15) is 0 Å². The first kappa shape index (κ1) is 121. The van der Waals surface area contributed by atoms with E-state index in [0.717, 1.165) is 118 Å². The lowest BCUT2D eigenvalue weighted by atomic mass is 9.76. The zero-order chi connectivity index (χ0) is 78.1. The van der Waals surface area contributed by atoms with Gasteiger partial charge in [0, 0.05) is 51.2 Å². The summed E-state index contributed by atoms with van der Waals surface area (Å²) < 4.78 is 46.2. The van der Waals surface area contributed by atoms with Gasteiger partial charge in [0.15, 0.2) is 9.84 Å². The molecule has 3 aliphatic carbocycles. The highest BCUT2D eigenvalue weighted by Crippen LogP contribution is 2.39. The van der Waals surface area contributed by atoms with Crippen LogP contribution in [0.3, 0.4) is 0 Å². The Morgan fingerprint density at radius 2 is 0.770 bits per heavy atom. The normalized spacial score (nSPS) is 18.4. The van der Waals surface area contributed by atoms with Gasteiger partial charge in [-0.1, -0.05) is 296 Å². The van der Waals surface area contributed by atoms with Crippen LogP contribution in [0.15, 0.2) is 97.4 Å². The average molecular weight is 1440 g/mol. The van der Waals surface area contributed by atoms with Crippen LogP contribution in [0.1, 0.15) is 340 Å². The Bertz CT molecular complexity index is 1460. The molecule has 10 heterocycles. The Balaban J connectivity index is -0.0000000936. The monoisotopic (exact) mass is 1440 g/mol. The zero-order valence-electron chi connectivity index (χ0n) is 71.7. The fraction of sp³-hybridized carbons (Fsp3) is 0.805. The molecular formula is C87H182N4O8S. The topological polar surface area (TPSA) is 145 Å². The third-order valence-electron chi connectivity index (χ3n) is 13.4. The minimum absolute atomic E-state index is 0.214. The summed E-state index contributed by atoms with van der Waals surface area (Å²) >= 11 is 0. The molecule has 5 fully saturated rings. The van der Waals surface area contributed by atoms with E-state index in [1.165, 1.54) is 154 Å². The van der Waals surface area contributed by atoms with E-state index in [2.05, 4.69) is 76.0 Å². The van der Waals surface area contributed by atoms with E-state index in [-0.39, 0.29) is 11.7 Å². The number of amides is 1. The van der Waals surface area contributed by atoms with Crippen molar-refractivity contribution in [3.8, 4) is 0 Å². The number of carbonyl (C=O) groups excluding carboxylic acids is 1. The van der Waals surface area contributed by atoms with Gasteiger partial charge in [0.05, 0.1) is 64.0 Å². The standard InChI is InChI=1S/C8H12O.C6H12.C6H10.C5H9NO.C5H11N.C5H9N.C5H8O2S.C5H10O.2C5H8O.C4H7N.C4H6O.12C2H6/c1-2-4-8(5-3-1)6-9-7-8;2*1-2-4-6-5-3-1;7-5-3-1-2-4-6-5;2*1-2-4-6-5-3-1;6-8(7)4-2-1-3-5-8;3*1-2-4-6-5-3-1;2*1-2-4-5-3-1;12*1-2/h1-2H,3-7H2;1-6H2;1-2H,3-6H2;1-4H2,(H,6,7);6H,1-5H2;1-2,6H,3-5H2;1-2H,3-5H2;1-5H2;2,4H,1,3,5H2;1-2H,3-5H2;1-2,5H,3-4H2;1-2H,3-4H2;12*1-2H3. The van der Waals surface area contributed by atoms with Gasteiger partial charge in [0.25, 0.3) is 0 Å². The molecule has 100 heavy (non-hydrogen) atoms. The van der Waals surface area contributed by atoms with Gasteiger partial charge in [-0.3, -0.25) is 4.79 Å². The molecule has 4 saturated heterocycles. The maximum absolute atomic E-state index is 10.6. The number of carbonyl (C=O) groups is 1. The molecular weight excluding hydrogens is 1260 g/mol. The predicted molar refractivity (Wildman–Crippen MR) is 456 cm³/mol. The number of ether oxygens (including phenoxy) is 5. The molecule has 0 atom stereocenters. The maximum atomic E-state index is 10.6. The Hall–Kier alpha value is -3.14. The second kappa shape index (κ2) is 129. The molecule has 1 spiro atoms. The largest absolute Gasteiger partial charge is 0.502 e. The molecule has 13 rings (SSSR count). The Morgan fingerprint density at radius 3 is 0.930 bits per heavy atom. The van der Waals surface area contributed by atoms with Crippen LogP contribution in [-0.2, 0) is 38.3 Å². The van der Waals surface area contributed by atoms with Gasteiger partial charge < -0.3 is 45.0 Å². The van der Waals surface area contributed by atoms with Crippen molar-refractivity contribution >= 4 is 15.7 Å². The first-order valence-corrected chi connectivity index (χ1v) is 44.1. The molecule has 13 aliphatic rings. The number of rotatable bonds is 0. The number of sulfone groups is 1. The first-order valence-electron chi connectivity index (χ1n) is 42.2. The van der Waals surface area contributed by atoms with E-state index in [1.807, 2.05) is 197 Å². The fourth-order valence-electron chi connectivity index (χ4n) is 8.60. The third-order valence-corrected chi connectivity index (χ3v) is 15.0. The van der Waals surface area contributed by atoms with Gasteiger partial charge >= 0.3 is 0 Å². The van der Waals surface area contributed by atoms with Crippen molar-refractivity contribution in [3.63, 3.8) is 0 Å². The summed E-state index contributed by atoms with van der Waals surface area (Å²) in [5, 5.41) is 12.3. The second-order valence-corrected chi connectivity index (χ2v) is 22.8. The molecule has 0 radical (unpaired) electrons. The summed E-state index contributed by atoms with van der Waals surface area (Å²) in [5.41, 5.74) is 0.592. The maximum Gasteiger partial charge on any atom is 0.219 e. The minimum Gasteiger partial charge on any atom is -0.502 e. The van der Waals surface area contributed by atoms with Gasteiger partial charge in [-0.2, -0.15) is 0 Å². The van der Waals surface area contributed by atoms with Gasteiger partial charge in [-0.15, -0.1) is 0 Å². The lowest BCUT2D eigenvalue weighted by Gasteiger charge is -2.42. The molecule has 12 nitrogen and oxygen atoms in total. The van der Waals surface area contributed by atoms with Crippen LogP contribution in [-0.4, -0.2) is 131 Å². The number of hydrogen-bond donors (Lipinski definition) is 4. The van der Waals surface area contributed by atoms with Crippen LogP contribution in [0.25, 0.3) is 0 Å². The van der Waals surface area contributed by atoms with Crippen LogP contribution in [0.4, 0.5) is 0 Å². The van der Waals surface area contributed by atoms with Crippen molar-refractivity contribution in [2.75, 3.05) is 117 Å². The van der Waals surface area contributed by atoms with E-state index in [4.69, 9.17) is 23.7 Å². The highest BCUT2D eigenvalue weighted by atomic mass is 32.2. The van der Waals surface area contributed by atoms with Crippen molar-refractivity contribution in [2.45, 2.75) is 340 Å². The van der Waals surface area contributed by atoms with Crippen LogP contribution < -0.4 is 21.3 Å². The predicted octanol–water partition coefficient (Wildman–Crippen LogP) is 24.6. The molecule has 4 N–H and O–H groups in total. The Kier molecular flexibility index (Phi) is 155. The van der Waals surface area contributed by atoms with E-state index in [0.29, 0.717) is 17.6 Å². The van der Waals surface area contributed by atoms with E-state index in [9.17, 15) is 13.2 Å². The van der Waals surface area contributed by atoms with Crippen LogP contribution >= 0.6 is 0 Å². The Labute approximate surface area is 629 Å². The molecule has 0 aromatic rings. The summed E-state index contributed by atoms with van der Waals surface area (Å²) in [6, 6.07) is 0. The molecule has 0 aromatic carbocycles. The lowest BCUT2D eigenvalue weighted by molar-refractivity contribution is -0.122. The van der Waals surface area contributed by atoms with E-state index >= 15 is 0 Å². The number of allylic oxidation sites excluding steroid dienone is 6. The summed E-state index contributed by atoms with van der Waals surface area (Å²) in [6.45, 7) is 64.1. The van der Waals surface area contributed by atoms with Crippen LogP contribution in [0.2, 0.25) is 0 Å². The Morgan fingerprint density at radius 1 is 0.330 bits per heavy atom.